The van der Waals surface area contributed by atoms with Gasteiger partial charge in [-0.2, -0.15) is 0 Å². The molecule has 0 aliphatic carbocycles. The SMILES string of the molecule is CC(C)C[C@H](NC(=O)c1ccc(F)cc1)C(=O)NC1CN(C(=O)OCc2ccccc2)C1. The quantitative estimate of drug-likeness (QED) is 0.659. The summed E-state index contributed by atoms with van der Waals surface area (Å²) in [4.78, 5) is 38.9. The second-order valence-electron chi connectivity index (χ2n) is 8.31. The van der Waals surface area contributed by atoms with Gasteiger partial charge in [0, 0.05) is 18.7 Å². The monoisotopic (exact) mass is 441 g/mol. The van der Waals surface area contributed by atoms with Crippen molar-refractivity contribution in [2.24, 2.45) is 5.92 Å². The Balaban J connectivity index is 1.47. The summed E-state index contributed by atoms with van der Waals surface area (Å²) in [5.41, 5.74) is 1.18. The molecule has 0 spiro atoms. The van der Waals surface area contributed by atoms with Gasteiger partial charge in [-0.15, -0.1) is 0 Å². The maximum Gasteiger partial charge on any atom is 0.410 e. The largest absolute Gasteiger partial charge is 0.445 e. The first-order valence-electron chi connectivity index (χ1n) is 10.6. The summed E-state index contributed by atoms with van der Waals surface area (Å²) in [6, 6.07) is 13.6. The summed E-state index contributed by atoms with van der Waals surface area (Å²) in [5.74, 6) is -1.01. The number of hydrogen-bond donors (Lipinski definition) is 2. The van der Waals surface area contributed by atoms with Crippen LogP contribution in [0.4, 0.5) is 9.18 Å². The summed E-state index contributed by atoms with van der Waals surface area (Å²) in [7, 11) is 0. The second-order valence-corrected chi connectivity index (χ2v) is 8.31. The van der Waals surface area contributed by atoms with E-state index in [9.17, 15) is 18.8 Å². The zero-order valence-corrected chi connectivity index (χ0v) is 18.2. The molecule has 2 aromatic rings. The predicted octanol–water partition coefficient (Wildman–Crippen LogP) is 3.11. The van der Waals surface area contributed by atoms with Crippen LogP contribution in [0, 0.1) is 11.7 Å². The van der Waals surface area contributed by atoms with Crippen LogP contribution in [0.15, 0.2) is 54.6 Å². The Hall–Kier alpha value is -3.42. The molecule has 7 nitrogen and oxygen atoms in total. The van der Waals surface area contributed by atoms with Gasteiger partial charge in [0.15, 0.2) is 0 Å². The van der Waals surface area contributed by atoms with Crippen LogP contribution >= 0.6 is 0 Å². The molecule has 170 valence electrons. The number of benzene rings is 2. The van der Waals surface area contributed by atoms with Gasteiger partial charge < -0.3 is 20.3 Å². The Bertz CT molecular complexity index is 928. The molecule has 1 heterocycles. The first-order valence-corrected chi connectivity index (χ1v) is 10.6. The average molecular weight is 442 g/mol. The molecule has 1 atom stereocenters. The molecular weight excluding hydrogens is 413 g/mol. The van der Waals surface area contributed by atoms with Crippen molar-refractivity contribution < 1.29 is 23.5 Å². The highest BCUT2D eigenvalue weighted by atomic mass is 19.1. The van der Waals surface area contributed by atoms with E-state index in [1.165, 1.54) is 29.2 Å². The number of nitrogens with zero attached hydrogens (tertiary/aromatic N) is 1. The molecule has 0 saturated carbocycles. The smallest absolute Gasteiger partial charge is 0.410 e. The van der Waals surface area contributed by atoms with Crippen molar-refractivity contribution in [3.8, 4) is 0 Å². The minimum atomic E-state index is -0.730. The lowest BCUT2D eigenvalue weighted by Gasteiger charge is -2.39. The van der Waals surface area contributed by atoms with Crippen LogP contribution in [0.2, 0.25) is 0 Å². The lowest BCUT2D eigenvalue weighted by Crippen LogP contribution is -2.63. The van der Waals surface area contributed by atoms with Crippen molar-refractivity contribution in [3.05, 3.63) is 71.5 Å². The minimum Gasteiger partial charge on any atom is -0.445 e. The number of carbonyl (C=O) groups excluding carboxylic acids is 3. The van der Waals surface area contributed by atoms with E-state index >= 15 is 0 Å². The zero-order valence-electron chi connectivity index (χ0n) is 18.2. The van der Waals surface area contributed by atoms with Gasteiger partial charge in [0.25, 0.3) is 5.91 Å². The molecule has 0 aromatic heterocycles. The topological polar surface area (TPSA) is 87.7 Å². The Morgan fingerprint density at radius 2 is 1.72 bits per heavy atom. The van der Waals surface area contributed by atoms with Gasteiger partial charge in [-0.05, 0) is 42.2 Å². The van der Waals surface area contributed by atoms with Gasteiger partial charge in [-0.1, -0.05) is 44.2 Å². The summed E-state index contributed by atoms with van der Waals surface area (Å²) >= 11 is 0. The highest BCUT2D eigenvalue weighted by molar-refractivity contribution is 5.97. The van der Waals surface area contributed by atoms with Crippen LogP contribution < -0.4 is 10.6 Å². The standard InChI is InChI=1S/C24H28FN3O4/c1-16(2)12-21(27-22(29)18-8-10-19(25)11-9-18)23(30)26-20-13-28(14-20)24(31)32-15-17-6-4-3-5-7-17/h3-11,16,20-21H,12-15H2,1-2H3,(H,26,30)(H,27,29)/t21-/m0/s1. The van der Waals surface area contributed by atoms with Crippen LogP contribution in [0.1, 0.15) is 36.2 Å². The molecule has 3 amide bonds. The third kappa shape index (κ3) is 6.54. The van der Waals surface area contributed by atoms with Gasteiger partial charge in [0.2, 0.25) is 5.91 Å². The number of likely N-dealkylation sites (tertiary alicyclic amines) is 1. The van der Waals surface area contributed by atoms with E-state index in [1.807, 2.05) is 44.2 Å². The van der Waals surface area contributed by atoms with Gasteiger partial charge >= 0.3 is 6.09 Å². The first kappa shape index (κ1) is 23.2. The first-order chi connectivity index (χ1) is 15.3. The van der Waals surface area contributed by atoms with E-state index in [0.29, 0.717) is 19.5 Å². The van der Waals surface area contributed by atoms with Crippen molar-refractivity contribution in [2.75, 3.05) is 13.1 Å². The molecule has 0 unspecified atom stereocenters. The van der Waals surface area contributed by atoms with Gasteiger partial charge in [0.1, 0.15) is 18.5 Å². The van der Waals surface area contributed by atoms with E-state index in [-0.39, 0.29) is 30.0 Å². The highest BCUT2D eigenvalue weighted by Gasteiger charge is 2.34. The Labute approximate surface area is 186 Å². The van der Waals surface area contributed by atoms with Crippen molar-refractivity contribution >= 4 is 17.9 Å². The van der Waals surface area contributed by atoms with E-state index in [2.05, 4.69) is 10.6 Å². The Morgan fingerprint density at radius 3 is 2.34 bits per heavy atom. The number of nitrogens with one attached hydrogen (secondary N) is 2. The summed E-state index contributed by atoms with van der Waals surface area (Å²) in [6.45, 7) is 4.80. The molecule has 1 saturated heterocycles. The molecule has 0 radical (unpaired) electrons. The number of hydrogen-bond acceptors (Lipinski definition) is 4. The fourth-order valence-electron chi connectivity index (χ4n) is 3.38. The van der Waals surface area contributed by atoms with Crippen LogP contribution in [-0.4, -0.2) is 48.0 Å². The molecule has 32 heavy (non-hydrogen) atoms. The number of rotatable bonds is 8. The molecule has 8 heteroatoms. The number of carbonyl (C=O) groups is 3. The summed E-state index contributed by atoms with van der Waals surface area (Å²) in [6.07, 6.45) is 0.0246. The van der Waals surface area contributed by atoms with Crippen molar-refractivity contribution in [1.82, 2.24) is 15.5 Å². The second kappa shape index (κ2) is 10.7. The minimum absolute atomic E-state index is 0.171. The molecule has 0 bridgehead atoms. The number of amides is 3. The van der Waals surface area contributed by atoms with Crippen LogP contribution in [-0.2, 0) is 16.1 Å². The number of halogens is 1. The van der Waals surface area contributed by atoms with Gasteiger partial charge in [-0.25, -0.2) is 9.18 Å². The summed E-state index contributed by atoms with van der Waals surface area (Å²) in [5, 5.41) is 5.61. The Kier molecular flexibility index (Phi) is 7.81. The van der Waals surface area contributed by atoms with Crippen LogP contribution in [0.25, 0.3) is 0 Å². The van der Waals surface area contributed by atoms with Crippen molar-refractivity contribution in [3.63, 3.8) is 0 Å². The van der Waals surface area contributed by atoms with Crippen LogP contribution in [0.3, 0.4) is 0 Å². The molecule has 2 N–H and O–H groups in total. The maximum atomic E-state index is 13.1. The highest BCUT2D eigenvalue weighted by Crippen LogP contribution is 2.13. The third-order valence-electron chi connectivity index (χ3n) is 5.13. The van der Waals surface area contributed by atoms with Crippen LogP contribution in [0.5, 0.6) is 0 Å². The number of ether oxygens (including phenoxy) is 1. The van der Waals surface area contributed by atoms with E-state index in [0.717, 1.165) is 5.56 Å². The molecule has 1 aliphatic rings. The average Bonchev–Trinajstić information content (AvgIpc) is 2.74. The molecule has 1 fully saturated rings. The van der Waals surface area contributed by atoms with Gasteiger partial charge in [-0.3, -0.25) is 9.59 Å². The molecule has 3 rings (SSSR count). The van der Waals surface area contributed by atoms with Gasteiger partial charge in [0.05, 0.1) is 6.04 Å². The third-order valence-corrected chi connectivity index (χ3v) is 5.13. The van der Waals surface area contributed by atoms with E-state index in [4.69, 9.17) is 4.74 Å². The lowest BCUT2D eigenvalue weighted by molar-refractivity contribution is -0.125. The normalized spacial score (nSPS) is 14.4. The fourth-order valence-corrected chi connectivity index (χ4v) is 3.38. The van der Waals surface area contributed by atoms with Crippen molar-refractivity contribution in [2.45, 2.75) is 39.0 Å². The van der Waals surface area contributed by atoms with Crippen molar-refractivity contribution in [1.29, 1.82) is 0 Å². The predicted molar refractivity (Wildman–Crippen MR) is 117 cm³/mol. The molecular formula is C24H28FN3O4. The van der Waals surface area contributed by atoms with E-state index < -0.39 is 23.9 Å². The van der Waals surface area contributed by atoms with E-state index in [1.54, 1.807) is 0 Å². The fraction of sp³-hybridized carbons (Fsp3) is 0.375. The molecule has 2 aromatic carbocycles. The summed E-state index contributed by atoms with van der Waals surface area (Å²) < 4.78 is 18.4. The maximum absolute atomic E-state index is 13.1. The molecule has 1 aliphatic heterocycles. The lowest BCUT2D eigenvalue weighted by atomic mass is 10.0. The zero-order chi connectivity index (χ0) is 23.1. The Morgan fingerprint density at radius 1 is 1.06 bits per heavy atom.